The summed E-state index contributed by atoms with van der Waals surface area (Å²) >= 11 is 0. The van der Waals surface area contributed by atoms with Crippen LogP contribution in [-0.2, 0) is 6.42 Å². The SMILES string of the molecule is NC[C@H]1Cc2c(F)cccc2Oc2ccccc21. The van der Waals surface area contributed by atoms with Gasteiger partial charge in [-0.25, -0.2) is 4.39 Å². The van der Waals surface area contributed by atoms with Crippen molar-refractivity contribution in [3.05, 3.63) is 59.4 Å². The smallest absolute Gasteiger partial charge is 0.133 e. The van der Waals surface area contributed by atoms with E-state index in [-0.39, 0.29) is 11.7 Å². The van der Waals surface area contributed by atoms with Gasteiger partial charge < -0.3 is 10.5 Å². The number of fused-ring (bicyclic) bond motifs is 2. The van der Waals surface area contributed by atoms with E-state index in [1.54, 1.807) is 12.1 Å². The van der Waals surface area contributed by atoms with Gasteiger partial charge in [-0.05, 0) is 36.7 Å². The fourth-order valence-corrected chi connectivity index (χ4v) is 2.43. The van der Waals surface area contributed by atoms with Crippen molar-refractivity contribution in [1.29, 1.82) is 0 Å². The van der Waals surface area contributed by atoms with E-state index in [2.05, 4.69) is 0 Å². The molecule has 92 valence electrons. The van der Waals surface area contributed by atoms with E-state index in [4.69, 9.17) is 10.5 Å². The van der Waals surface area contributed by atoms with E-state index in [9.17, 15) is 4.39 Å². The van der Waals surface area contributed by atoms with Crippen molar-refractivity contribution in [1.82, 2.24) is 0 Å². The third-order valence-electron chi connectivity index (χ3n) is 3.39. The van der Waals surface area contributed by atoms with E-state index in [1.807, 2.05) is 24.3 Å². The first-order valence-corrected chi connectivity index (χ1v) is 6.04. The molecule has 2 nitrogen and oxygen atoms in total. The first-order valence-electron chi connectivity index (χ1n) is 6.04. The van der Waals surface area contributed by atoms with Crippen molar-refractivity contribution >= 4 is 0 Å². The van der Waals surface area contributed by atoms with E-state index in [1.165, 1.54) is 6.07 Å². The quantitative estimate of drug-likeness (QED) is 0.834. The molecule has 0 saturated heterocycles. The molecule has 3 heteroatoms. The lowest BCUT2D eigenvalue weighted by Crippen LogP contribution is -2.14. The molecule has 2 aromatic rings. The number of hydrogen-bond donors (Lipinski definition) is 1. The second kappa shape index (κ2) is 4.42. The summed E-state index contributed by atoms with van der Waals surface area (Å²) in [5, 5.41) is 0. The number of nitrogens with two attached hydrogens (primary N) is 1. The molecular formula is C15H14FNO. The van der Waals surface area contributed by atoms with Crippen LogP contribution < -0.4 is 10.5 Å². The van der Waals surface area contributed by atoms with E-state index >= 15 is 0 Å². The fourth-order valence-electron chi connectivity index (χ4n) is 2.43. The van der Waals surface area contributed by atoms with Crippen molar-refractivity contribution < 1.29 is 9.13 Å². The van der Waals surface area contributed by atoms with Crippen LogP contribution in [0.1, 0.15) is 17.0 Å². The number of halogens is 1. The number of para-hydroxylation sites is 1. The largest absolute Gasteiger partial charge is 0.457 e. The molecule has 0 fully saturated rings. The summed E-state index contributed by atoms with van der Waals surface area (Å²) in [4.78, 5) is 0. The van der Waals surface area contributed by atoms with Crippen LogP contribution in [0.15, 0.2) is 42.5 Å². The Morgan fingerprint density at radius 2 is 1.89 bits per heavy atom. The third kappa shape index (κ3) is 1.77. The molecule has 0 bridgehead atoms. The molecule has 0 spiro atoms. The van der Waals surface area contributed by atoms with Crippen molar-refractivity contribution in [3.63, 3.8) is 0 Å². The van der Waals surface area contributed by atoms with Crippen molar-refractivity contribution in [3.8, 4) is 11.5 Å². The van der Waals surface area contributed by atoms with Gasteiger partial charge in [-0.1, -0.05) is 24.3 Å². The van der Waals surface area contributed by atoms with Crippen LogP contribution in [0, 0.1) is 5.82 Å². The zero-order valence-electron chi connectivity index (χ0n) is 9.90. The standard InChI is InChI=1S/C15H14FNO/c16-13-5-3-7-15-12(13)8-10(9-17)11-4-1-2-6-14(11)18-15/h1-7,10H,8-9,17H2/t10-/m1/s1. The molecule has 2 aromatic carbocycles. The van der Waals surface area contributed by atoms with Gasteiger partial charge >= 0.3 is 0 Å². The monoisotopic (exact) mass is 243 g/mol. The molecule has 1 heterocycles. The summed E-state index contributed by atoms with van der Waals surface area (Å²) in [6.45, 7) is 0.480. The molecule has 1 aliphatic rings. The Hall–Kier alpha value is -1.87. The molecule has 0 aliphatic carbocycles. The van der Waals surface area contributed by atoms with Crippen LogP contribution in [0.5, 0.6) is 11.5 Å². The Balaban J connectivity index is 2.16. The normalized spacial score (nSPS) is 17.3. The highest BCUT2D eigenvalue weighted by atomic mass is 19.1. The van der Waals surface area contributed by atoms with Crippen LogP contribution >= 0.6 is 0 Å². The molecule has 1 atom stereocenters. The Kier molecular flexibility index (Phi) is 2.76. The molecule has 0 aromatic heterocycles. The van der Waals surface area contributed by atoms with Gasteiger partial charge in [0.15, 0.2) is 0 Å². The van der Waals surface area contributed by atoms with Crippen LogP contribution in [-0.4, -0.2) is 6.54 Å². The summed E-state index contributed by atoms with van der Waals surface area (Å²) < 4.78 is 19.7. The molecule has 3 rings (SSSR count). The number of ether oxygens (including phenoxy) is 1. The summed E-state index contributed by atoms with van der Waals surface area (Å²) in [6.07, 6.45) is 0.579. The maximum absolute atomic E-state index is 13.9. The summed E-state index contributed by atoms with van der Waals surface area (Å²) in [5.41, 5.74) is 7.48. The Labute approximate surface area is 105 Å². The lowest BCUT2D eigenvalue weighted by molar-refractivity contribution is 0.472. The molecular weight excluding hydrogens is 229 g/mol. The van der Waals surface area contributed by atoms with Gasteiger partial charge in [-0.15, -0.1) is 0 Å². The minimum absolute atomic E-state index is 0.0966. The van der Waals surface area contributed by atoms with Crippen LogP contribution in [0.4, 0.5) is 4.39 Å². The van der Waals surface area contributed by atoms with Crippen molar-refractivity contribution in [2.24, 2.45) is 5.73 Å². The van der Waals surface area contributed by atoms with Gasteiger partial charge in [-0.3, -0.25) is 0 Å². The molecule has 18 heavy (non-hydrogen) atoms. The summed E-state index contributed by atoms with van der Waals surface area (Å²) in [7, 11) is 0. The van der Waals surface area contributed by atoms with Gasteiger partial charge in [0.2, 0.25) is 0 Å². The Bertz CT molecular complexity index is 582. The molecule has 2 N–H and O–H groups in total. The fraction of sp³-hybridized carbons (Fsp3) is 0.200. The predicted octanol–water partition coefficient (Wildman–Crippen LogP) is 3.22. The molecule has 1 aliphatic heterocycles. The lowest BCUT2D eigenvalue weighted by atomic mass is 9.92. The average Bonchev–Trinajstić information content (AvgIpc) is 2.55. The third-order valence-corrected chi connectivity index (χ3v) is 3.39. The topological polar surface area (TPSA) is 35.2 Å². The van der Waals surface area contributed by atoms with Gasteiger partial charge in [0, 0.05) is 11.5 Å². The van der Waals surface area contributed by atoms with Crippen LogP contribution in [0.25, 0.3) is 0 Å². The summed E-state index contributed by atoms with van der Waals surface area (Å²) in [5.74, 6) is 1.24. The summed E-state index contributed by atoms with van der Waals surface area (Å²) in [6, 6.07) is 12.7. The zero-order valence-corrected chi connectivity index (χ0v) is 9.90. The minimum atomic E-state index is -0.223. The highest BCUT2D eigenvalue weighted by molar-refractivity contribution is 5.47. The van der Waals surface area contributed by atoms with Crippen LogP contribution in [0.2, 0.25) is 0 Å². The molecule has 0 radical (unpaired) electrons. The second-order valence-corrected chi connectivity index (χ2v) is 4.49. The lowest BCUT2D eigenvalue weighted by Gasteiger charge is -2.13. The minimum Gasteiger partial charge on any atom is -0.457 e. The first kappa shape index (κ1) is 11.2. The van der Waals surface area contributed by atoms with Crippen LogP contribution in [0.3, 0.4) is 0 Å². The predicted molar refractivity (Wildman–Crippen MR) is 68.4 cm³/mol. The number of benzene rings is 2. The van der Waals surface area contributed by atoms with E-state index in [0.29, 0.717) is 24.3 Å². The maximum atomic E-state index is 13.9. The Morgan fingerprint density at radius 3 is 2.72 bits per heavy atom. The van der Waals surface area contributed by atoms with E-state index in [0.717, 1.165) is 11.3 Å². The van der Waals surface area contributed by atoms with Gasteiger partial charge in [0.1, 0.15) is 17.3 Å². The average molecular weight is 243 g/mol. The molecule has 0 unspecified atom stereocenters. The van der Waals surface area contributed by atoms with Gasteiger partial charge in [0.05, 0.1) is 0 Å². The molecule has 0 saturated carbocycles. The number of rotatable bonds is 1. The number of hydrogen-bond acceptors (Lipinski definition) is 2. The van der Waals surface area contributed by atoms with Gasteiger partial charge in [0.25, 0.3) is 0 Å². The van der Waals surface area contributed by atoms with Crippen molar-refractivity contribution in [2.45, 2.75) is 12.3 Å². The van der Waals surface area contributed by atoms with E-state index < -0.39 is 0 Å². The zero-order chi connectivity index (χ0) is 12.5. The first-order chi connectivity index (χ1) is 8.79. The highest BCUT2D eigenvalue weighted by Gasteiger charge is 2.24. The molecule has 0 amide bonds. The van der Waals surface area contributed by atoms with Gasteiger partial charge in [-0.2, -0.15) is 0 Å². The highest BCUT2D eigenvalue weighted by Crippen LogP contribution is 2.39. The Morgan fingerprint density at radius 1 is 1.11 bits per heavy atom. The van der Waals surface area contributed by atoms with Crippen molar-refractivity contribution in [2.75, 3.05) is 6.54 Å². The maximum Gasteiger partial charge on any atom is 0.133 e. The second-order valence-electron chi connectivity index (χ2n) is 4.49.